The van der Waals surface area contributed by atoms with E-state index in [0.29, 0.717) is 12.8 Å². The molecule has 0 spiro atoms. The second kappa shape index (κ2) is 33.0. The third kappa shape index (κ3) is 23.8. The number of carbonyl (C=O) groups is 1. The molecular formula is C43H71NO8. The molecule has 1 amide bonds. The van der Waals surface area contributed by atoms with Gasteiger partial charge in [-0.1, -0.05) is 131 Å². The summed E-state index contributed by atoms with van der Waals surface area (Å²) in [7, 11) is 0. The van der Waals surface area contributed by atoms with Crippen LogP contribution < -0.4 is 5.32 Å². The Labute approximate surface area is 314 Å². The van der Waals surface area contributed by atoms with Crippen LogP contribution in [0.3, 0.4) is 0 Å². The summed E-state index contributed by atoms with van der Waals surface area (Å²) in [6, 6.07) is -0.738. The fraction of sp³-hybridized carbons (Fsp3) is 0.651. The van der Waals surface area contributed by atoms with Crippen LogP contribution in [-0.4, -0.2) is 87.5 Å². The van der Waals surface area contributed by atoms with E-state index in [2.05, 4.69) is 104 Å². The molecule has 0 aromatic heterocycles. The first-order chi connectivity index (χ1) is 25.3. The lowest BCUT2D eigenvalue weighted by atomic mass is 9.99. The van der Waals surface area contributed by atoms with Crippen molar-refractivity contribution in [3.8, 4) is 0 Å². The molecule has 0 aromatic rings. The van der Waals surface area contributed by atoms with Gasteiger partial charge in [-0.25, -0.2) is 0 Å². The third-order valence-corrected chi connectivity index (χ3v) is 8.76. The Morgan fingerprint density at radius 3 is 1.71 bits per heavy atom. The van der Waals surface area contributed by atoms with Crippen LogP contribution in [0.2, 0.25) is 0 Å². The van der Waals surface area contributed by atoms with E-state index in [1.54, 1.807) is 0 Å². The van der Waals surface area contributed by atoms with Gasteiger partial charge in [0.2, 0.25) is 5.91 Å². The normalized spacial score (nSPS) is 22.8. The minimum Gasteiger partial charge on any atom is -0.394 e. The smallest absolute Gasteiger partial charge is 0.220 e. The quantitative estimate of drug-likeness (QED) is 0.0336. The molecule has 0 aromatic carbocycles. The zero-order chi connectivity index (χ0) is 38.1. The second-order valence-corrected chi connectivity index (χ2v) is 13.3. The molecule has 1 fully saturated rings. The average Bonchev–Trinajstić information content (AvgIpc) is 3.14. The van der Waals surface area contributed by atoms with Gasteiger partial charge in [-0.3, -0.25) is 4.79 Å². The number of amides is 1. The summed E-state index contributed by atoms with van der Waals surface area (Å²) in [6.45, 7) is 3.53. The molecule has 0 bridgehead atoms. The van der Waals surface area contributed by atoms with Crippen LogP contribution in [0.1, 0.15) is 123 Å². The molecule has 7 unspecified atom stereocenters. The molecule has 6 N–H and O–H groups in total. The number of ether oxygens (including phenoxy) is 2. The van der Waals surface area contributed by atoms with E-state index in [4.69, 9.17) is 9.47 Å². The van der Waals surface area contributed by atoms with E-state index >= 15 is 0 Å². The number of aliphatic hydroxyl groups is 5. The Morgan fingerprint density at radius 1 is 0.673 bits per heavy atom. The Balaban J connectivity index is 2.25. The summed E-state index contributed by atoms with van der Waals surface area (Å²) in [6.07, 6.45) is 38.0. The van der Waals surface area contributed by atoms with Crippen LogP contribution in [0.15, 0.2) is 85.1 Å². The number of allylic oxidation sites excluding steroid dienone is 14. The van der Waals surface area contributed by atoms with E-state index in [1.165, 1.54) is 0 Å². The monoisotopic (exact) mass is 730 g/mol. The van der Waals surface area contributed by atoms with Crippen molar-refractivity contribution < 1.29 is 39.8 Å². The van der Waals surface area contributed by atoms with Gasteiger partial charge in [-0.15, -0.1) is 0 Å². The Kier molecular flexibility index (Phi) is 30.1. The number of unbranched alkanes of at least 4 members (excludes halogenated alkanes) is 6. The second-order valence-electron chi connectivity index (χ2n) is 13.3. The summed E-state index contributed by atoms with van der Waals surface area (Å²) in [5.74, 6) is -0.191. The lowest BCUT2D eigenvalue weighted by Crippen LogP contribution is -2.60. The molecule has 1 aliphatic heterocycles. The van der Waals surface area contributed by atoms with Crippen molar-refractivity contribution in [2.45, 2.75) is 166 Å². The van der Waals surface area contributed by atoms with Crippen molar-refractivity contribution in [1.29, 1.82) is 0 Å². The van der Waals surface area contributed by atoms with E-state index in [-0.39, 0.29) is 12.5 Å². The first-order valence-electron chi connectivity index (χ1n) is 19.8. The summed E-state index contributed by atoms with van der Waals surface area (Å²) >= 11 is 0. The molecule has 0 aliphatic carbocycles. The van der Waals surface area contributed by atoms with E-state index in [0.717, 1.165) is 96.3 Å². The molecule has 0 saturated carbocycles. The predicted molar refractivity (Wildman–Crippen MR) is 211 cm³/mol. The maximum absolute atomic E-state index is 12.8. The van der Waals surface area contributed by atoms with Gasteiger partial charge < -0.3 is 40.3 Å². The minimum absolute atomic E-state index is 0.162. The standard InChI is InChI=1S/C43H71NO8/c1-3-5-7-9-10-11-12-13-14-15-16-17-18-19-20-21-22-23-24-25-26-27-28-29-31-33-39(47)44-36(37(46)32-30-8-6-4-2)35-51-43-42(50)41(49)40(48)38(34-45)52-43/h5,7,10-11,13-14,16-17,19-20,22-23,25-26,36-38,40-43,45-46,48-50H,3-4,6,8-9,12,15,18,21,24,27-35H2,1-2H3,(H,44,47)/b7-5-,11-10-,14-13-,17-16-,20-19-,23-22-,26-25-. The molecule has 7 atom stereocenters. The number of carbonyl (C=O) groups excluding carboxylic acids is 1. The van der Waals surface area contributed by atoms with Gasteiger partial charge in [0.05, 0.1) is 25.4 Å². The minimum atomic E-state index is -1.56. The van der Waals surface area contributed by atoms with E-state index in [1.807, 2.05) is 0 Å². The number of rotatable bonds is 30. The first-order valence-corrected chi connectivity index (χ1v) is 19.8. The fourth-order valence-electron chi connectivity index (χ4n) is 5.55. The average molecular weight is 730 g/mol. The van der Waals surface area contributed by atoms with Gasteiger partial charge in [0.15, 0.2) is 6.29 Å². The summed E-state index contributed by atoms with van der Waals surface area (Å²) < 4.78 is 11.1. The fourth-order valence-corrected chi connectivity index (χ4v) is 5.55. The number of hydrogen-bond donors (Lipinski definition) is 6. The van der Waals surface area contributed by atoms with Crippen LogP contribution in [-0.2, 0) is 14.3 Å². The van der Waals surface area contributed by atoms with Crippen molar-refractivity contribution in [3.05, 3.63) is 85.1 Å². The van der Waals surface area contributed by atoms with Crippen molar-refractivity contribution in [1.82, 2.24) is 5.32 Å². The zero-order valence-electron chi connectivity index (χ0n) is 32.0. The molecular weight excluding hydrogens is 658 g/mol. The highest BCUT2D eigenvalue weighted by atomic mass is 16.7. The lowest BCUT2D eigenvalue weighted by molar-refractivity contribution is -0.302. The first kappa shape index (κ1) is 47.4. The molecule has 1 rings (SSSR count). The van der Waals surface area contributed by atoms with Gasteiger partial charge >= 0.3 is 0 Å². The van der Waals surface area contributed by atoms with Crippen LogP contribution in [0, 0.1) is 0 Å². The van der Waals surface area contributed by atoms with Gasteiger partial charge in [-0.2, -0.15) is 0 Å². The molecule has 9 heteroatoms. The third-order valence-electron chi connectivity index (χ3n) is 8.76. The molecule has 1 saturated heterocycles. The Bertz CT molecular complexity index is 1080. The SMILES string of the molecule is CC/C=C\C/C=C\C/C=C\C/C=C\C/C=C\C/C=C\C/C=C\CCCCCC(=O)NC(COC1OC(CO)C(O)C(O)C1O)C(O)CCCCCC. The van der Waals surface area contributed by atoms with Crippen LogP contribution in [0.4, 0.5) is 0 Å². The molecule has 9 nitrogen and oxygen atoms in total. The van der Waals surface area contributed by atoms with Crippen molar-refractivity contribution in [2.24, 2.45) is 0 Å². The zero-order valence-corrected chi connectivity index (χ0v) is 32.0. The maximum Gasteiger partial charge on any atom is 0.220 e. The van der Waals surface area contributed by atoms with Crippen molar-refractivity contribution >= 4 is 5.91 Å². The molecule has 0 radical (unpaired) electrons. The van der Waals surface area contributed by atoms with E-state index in [9.17, 15) is 30.3 Å². The molecule has 296 valence electrons. The summed E-state index contributed by atoms with van der Waals surface area (Å²) in [5, 5.41) is 53.6. The Morgan fingerprint density at radius 2 is 1.19 bits per heavy atom. The van der Waals surface area contributed by atoms with Gasteiger partial charge in [-0.05, 0) is 70.6 Å². The van der Waals surface area contributed by atoms with Crippen LogP contribution in [0.25, 0.3) is 0 Å². The highest BCUT2D eigenvalue weighted by molar-refractivity contribution is 5.76. The summed E-state index contributed by atoms with van der Waals surface area (Å²) in [5.41, 5.74) is 0. The van der Waals surface area contributed by atoms with Crippen LogP contribution in [0.5, 0.6) is 0 Å². The molecule has 1 aliphatic rings. The summed E-state index contributed by atoms with van der Waals surface area (Å²) in [4.78, 5) is 12.8. The molecule has 52 heavy (non-hydrogen) atoms. The lowest BCUT2D eigenvalue weighted by Gasteiger charge is -2.40. The van der Waals surface area contributed by atoms with Gasteiger partial charge in [0.25, 0.3) is 0 Å². The largest absolute Gasteiger partial charge is 0.394 e. The number of hydrogen-bond acceptors (Lipinski definition) is 8. The maximum atomic E-state index is 12.8. The van der Waals surface area contributed by atoms with E-state index < -0.39 is 49.5 Å². The van der Waals surface area contributed by atoms with Crippen molar-refractivity contribution in [2.75, 3.05) is 13.2 Å². The highest BCUT2D eigenvalue weighted by Gasteiger charge is 2.44. The predicted octanol–water partition coefficient (Wildman–Crippen LogP) is 7.21. The number of nitrogens with one attached hydrogen (secondary N) is 1. The highest BCUT2D eigenvalue weighted by Crippen LogP contribution is 2.22. The van der Waals surface area contributed by atoms with Gasteiger partial charge in [0.1, 0.15) is 24.4 Å². The molecule has 1 heterocycles. The van der Waals surface area contributed by atoms with Crippen LogP contribution >= 0.6 is 0 Å². The van der Waals surface area contributed by atoms with Gasteiger partial charge in [0, 0.05) is 6.42 Å². The Hall–Kier alpha value is -2.63. The number of aliphatic hydroxyl groups excluding tert-OH is 5. The topological polar surface area (TPSA) is 149 Å². The van der Waals surface area contributed by atoms with Crippen molar-refractivity contribution in [3.63, 3.8) is 0 Å².